The number of aromatic nitrogens is 1. The van der Waals surface area contributed by atoms with Crippen LogP contribution in [-0.4, -0.2) is 11.0 Å². The van der Waals surface area contributed by atoms with E-state index in [9.17, 15) is 0 Å². The monoisotopic (exact) mass is 356 g/mol. The molecule has 5 heteroatoms. The summed E-state index contributed by atoms with van der Waals surface area (Å²) in [6.07, 6.45) is 3.66. The molecular weight excluding hydrogens is 340 g/mol. The second-order valence-corrected chi connectivity index (χ2v) is 8.17. The second-order valence-electron chi connectivity index (χ2n) is 5.20. The predicted molar refractivity (Wildman–Crippen MR) is 86.3 cm³/mol. The fraction of sp³-hybridized carbons (Fsp3) is 0.500. The topological polar surface area (TPSA) is 24.9 Å². The molecule has 0 aliphatic heterocycles. The molecule has 0 bridgehead atoms. The molecular formula is C14H17BrN2S2. The lowest BCUT2D eigenvalue weighted by Gasteiger charge is -2.18. The fourth-order valence-corrected chi connectivity index (χ4v) is 5.24. The van der Waals surface area contributed by atoms with E-state index in [-0.39, 0.29) is 6.04 Å². The van der Waals surface area contributed by atoms with E-state index in [1.54, 1.807) is 11.3 Å². The number of aryl methyl sites for hydroxylation is 2. The minimum atomic E-state index is 0.242. The largest absolute Gasteiger partial charge is 0.301 e. The molecule has 1 aliphatic carbocycles. The molecule has 1 aliphatic rings. The molecule has 2 heterocycles. The maximum atomic E-state index is 4.88. The summed E-state index contributed by atoms with van der Waals surface area (Å²) in [6.45, 7) is 4.38. The molecule has 0 saturated carbocycles. The van der Waals surface area contributed by atoms with Gasteiger partial charge in [0.2, 0.25) is 0 Å². The minimum Gasteiger partial charge on any atom is -0.301 e. The van der Waals surface area contributed by atoms with Crippen LogP contribution in [0.15, 0.2) is 15.9 Å². The van der Waals surface area contributed by atoms with E-state index in [4.69, 9.17) is 4.98 Å². The number of nitrogens with zero attached hydrogens (tertiary/aromatic N) is 1. The predicted octanol–water partition coefficient (Wildman–Crippen LogP) is 4.54. The van der Waals surface area contributed by atoms with E-state index in [0.717, 1.165) is 10.9 Å². The van der Waals surface area contributed by atoms with Gasteiger partial charge >= 0.3 is 0 Å². The van der Waals surface area contributed by atoms with Gasteiger partial charge in [0.1, 0.15) is 5.01 Å². The molecule has 1 unspecified atom stereocenters. The average Bonchev–Trinajstić information content (AvgIpc) is 2.99. The molecule has 19 heavy (non-hydrogen) atoms. The summed E-state index contributed by atoms with van der Waals surface area (Å²) in [5, 5.41) is 7.03. The number of nitrogens with one attached hydrogen (secondary N) is 1. The number of rotatable bonds is 4. The summed E-state index contributed by atoms with van der Waals surface area (Å²) >= 11 is 7.24. The van der Waals surface area contributed by atoms with Crippen LogP contribution in [0.1, 0.15) is 46.8 Å². The van der Waals surface area contributed by atoms with E-state index in [0.29, 0.717) is 6.04 Å². The van der Waals surface area contributed by atoms with Crippen LogP contribution in [0, 0.1) is 0 Å². The molecule has 0 fully saturated rings. The number of thiophene rings is 1. The number of hydrogen-bond donors (Lipinski definition) is 1. The Kier molecular flexibility index (Phi) is 4.08. The first-order valence-electron chi connectivity index (χ1n) is 6.62. The molecule has 3 rings (SSSR count). The van der Waals surface area contributed by atoms with Crippen molar-refractivity contribution in [2.45, 2.75) is 45.2 Å². The molecule has 1 N–H and O–H groups in total. The Hall–Kier alpha value is -0.230. The van der Waals surface area contributed by atoms with Crippen LogP contribution in [0.25, 0.3) is 0 Å². The maximum absolute atomic E-state index is 4.88. The second kappa shape index (κ2) is 5.64. The highest BCUT2D eigenvalue weighted by molar-refractivity contribution is 9.10. The Morgan fingerprint density at radius 3 is 2.84 bits per heavy atom. The zero-order chi connectivity index (χ0) is 13.4. The van der Waals surface area contributed by atoms with E-state index in [2.05, 4.69) is 46.5 Å². The van der Waals surface area contributed by atoms with Gasteiger partial charge in [0.25, 0.3) is 0 Å². The number of thiazole rings is 1. The summed E-state index contributed by atoms with van der Waals surface area (Å²) in [5.41, 5.74) is 1.34. The van der Waals surface area contributed by atoms with Crippen LogP contribution >= 0.6 is 38.6 Å². The van der Waals surface area contributed by atoms with Crippen LogP contribution in [0.5, 0.6) is 0 Å². The third-order valence-corrected chi connectivity index (χ3v) is 6.21. The highest BCUT2D eigenvalue weighted by Gasteiger charge is 2.24. The summed E-state index contributed by atoms with van der Waals surface area (Å²) in [4.78, 5) is 7.72. The standard InChI is InChI=1S/C14H17BrN2S2/c1-8(2)16-13(12-6-9(15)7-18-12)14-17-10-4-3-5-11(10)19-14/h6-8,13,16H,3-5H2,1-2H3. The molecule has 2 nitrogen and oxygen atoms in total. The Morgan fingerprint density at radius 2 is 2.21 bits per heavy atom. The smallest absolute Gasteiger partial charge is 0.116 e. The van der Waals surface area contributed by atoms with Crippen molar-refractivity contribution in [3.63, 3.8) is 0 Å². The van der Waals surface area contributed by atoms with Crippen molar-refractivity contribution in [1.82, 2.24) is 10.3 Å². The SMILES string of the molecule is CC(C)NC(c1cc(Br)cs1)c1nc2c(s1)CCC2. The third kappa shape index (κ3) is 2.94. The lowest BCUT2D eigenvalue weighted by molar-refractivity contribution is 0.531. The molecule has 1 atom stereocenters. The number of fused-ring (bicyclic) bond motifs is 1. The first-order chi connectivity index (χ1) is 9.13. The molecule has 0 aromatic carbocycles. The minimum absolute atomic E-state index is 0.242. The van der Waals surface area contributed by atoms with Crippen LogP contribution < -0.4 is 5.32 Å². The van der Waals surface area contributed by atoms with Crippen molar-refractivity contribution < 1.29 is 0 Å². The first-order valence-corrected chi connectivity index (χ1v) is 9.11. The van der Waals surface area contributed by atoms with Crippen LogP contribution in [0.3, 0.4) is 0 Å². The molecule has 0 amide bonds. The van der Waals surface area contributed by atoms with Gasteiger partial charge in [-0.2, -0.15) is 0 Å². The van der Waals surface area contributed by atoms with E-state index in [1.165, 1.54) is 33.3 Å². The van der Waals surface area contributed by atoms with Gasteiger partial charge in [-0.1, -0.05) is 0 Å². The van der Waals surface area contributed by atoms with Crippen molar-refractivity contribution in [1.29, 1.82) is 0 Å². The zero-order valence-electron chi connectivity index (χ0n) is 11.1. The summed E-state index contributed by atoms with van der Waals surface area (Å²) in [5.74, 6) is 0. The first kappa shape index (κ1) is 13.7. The van der Waals surface area contributed by atoms with Crippen LogP contribution in [0.4, 0.5) is 0 Å². The van der Waals surface area contributed by atoms with Gasteiger partial charge in [-0.05, 0) is 55.1 Å². The Labute approximate surface area is 130 Å². The van der Waals surface area contributed by atoms with Crippen molar-refractivity contribution in [2.24, 2.45) is 0 Å². The van der Waals surface area contributed by atoms with Gasteiger partial charge in [-0.15, -0.1) is 22.7 Å². The van der Waals surface area contributed by atoms with E-state index < -0.39 is 0 Å². The van der Waals surface area contributed by atoms with Crippen molar-refractivity contribution in [3.05, 3.63) is 36.4 Å². The van der Waals surface area contributed by atoms with Crippen LogP contribution in [-0.2, 0) is 12.8 Å². The molecule has 0 radical (unpaired) electrons. The van der Waals surface area contributed by atoms with Crippen LogP contribution in [0.2, 0.25) is 0 Å². The summed E-state index contributed by atoms with van der Waals surface area (Å²) < 4.78 is 1.16. The van der Waals surface area contributed by atoms with Gasteiger partial charge in [0, 0.05) is 25.6 Å². The normalized spacial score (nSPS) is 16.0. The van der Waals surface area contributed by atoms with E-state index >= 15 is 0 Å². The molecule has 0 spiro atoms. The average molecular weight is 357 g/mol. The quantitative estimate of drug-likeness (QED) is 0.869. The lowest BCUT2D eigenvalue weighted by Crippen LogP contribution is -2.28. The zero-order valence-corrected chi connectivity index (χ0v) is 14.3. The van der Waals surface area contributed by atoms with Crippen molar-refractivity contribution in [2.75, 3.05) is 0 Å². The van der Waals surface area contributed by atoms with Gasteiger partial charge < -0.3 is 5.32 Å². The third-order valence-electron chi connectivity index (χ3n) is 3.23. The highest BCUT2D eigenvalue weighted by atomic mass is 79.9. The maximum Gasteiger partial charge on any atom is 0.116 e. The van der Waals surface area contributed by atoms with Gasteiger partial charge in [0.05, 0.1) is 11.7 Å². The Bertz CT molecular complexity index is 552. The lowest BCUT2D eigenvalue weighted by atomic mass is 10.2. The summed E-state index contributed by atoms with van der Waals surface area (Å²) in [7, 11) is 0. The number of hydrogen-bond acceptors (Lipinski definition) is 4. The molecule has 102 valence electrons. The Balaban J connectivity index is 1.93. The highest BCUT2D eigenvalue weighted by Crippen LogP contribution is 2.36. The molecule has 2 aromatic rings. The van der Waals surface area contributed by atoms with Gasteiger partial charge in [-0.3, -0.25) is 0 Å². The molecule has 2 aromatic heterocycles. The van der Waals surface area contributed by atoms with E-state index in [1.807, 2.05) is 11.3 Å². The molecule has 0 saturated heterocycles. The van der Waals surface area contributed by atoms with Gasteiger partial charge in [0.15, 0.2) is 0 Å². The fourth-order valence-electron chi connectivity index (χ4n) is 2.42. The van der Waals surface area contributed by atoms with Crippen molar-refractivity contribution in [3.8, 4) is 0 Å². The summed E-state index contributed by atoms with van der Waals surface area (Å²) in [6, 6.07) is 2.90. The van der Waals surface area contributed by atoms with Gasteiger partial charge in [-0.25, -0.2) is 4.98 Å². The Morgan fingerprint density at radius 1 is 1.37 bits per heavy atom. The van der Waals surface area contributed by atoms with Crippen molar-refractivity contribution >= 4 is 38.6 Å². The number of halogens is 1.